The summed E-state index contributed by atoms with van der Waals surface area (Å²) >= 11 is 0. The topological polar surface area (TPSA) is 92.4 Å². The minimum Gasteiger partial charge on any atom is -0.356 e. The smallest absolute Gasteiger partial charge is 0.220 e. The van der Waals surface area contributed by atoms with E-state index in [1.54, 1.807) is 22.9 Å². The first kappa shape index (κ1) is 18.5. The second-order valence-corrected chi connectivity index (χ2v) is 9.69. The van der Waals surface area contributed by atoms with Gasteiger partial charge >= 0.3 is 0 Å². The first-order valence-corrected chi connectivity index (χ1v) is 11.6. The van der Waals surface area contributed by atoms with Gasteiger partial charge in [0, 0.05) is 36.8 Å². The van der Waals surface area contributed by atoms with Gasteiger partial charge in [-0.15, -0.1) is 0 Å². The van der Waals surface area contributed by atoms with Crippen molar-refractivity contribution in [3.8, 4) is 0 Å². The fourth-order valence-electron chi connectivity index (χ4n) is 4.17. The fourth-order valence-corrected chi connectivity index (χ4v) is 5.67. The number of fused-ring (bicyclic) bond motifs is 1. The number of piperidine rings is 1. The minimum atomic E-state index is -3.45. The van der Waals surface area contributed by atoms with Crippen molar-refractivity contribution in [3.63, 3.8) is 0 Å². The van der Waals surface area contributed by atoms with Gasteiger partial charge in [-0.25, -0.2) is 22.7 Å². The molecule has 5 rings (SSSR count). The molecule has 3 aromatic rings. The van der Waals surface area contributed by atoms with E-state index < -0.39 is 10.0 Å². The van der Waals surface area contributed by atoms with E-state index in [0.717, 1.165) is 24.0 Å². The highest BCUT2D eigenvalue weighted by atomic mass is 32.2. The maximum absolute atomic E-state index is 13.0. The molecule has 2 aromatic heterocycles. The van der Waals surface area contributed by atoms with Gasteiger partial charge in [0.2, 0.25) is 10.0 Å². The SMILES string of the molecule is O=S(=O)(Cc1noc2ccccc12)N1CCC(N(c2ccncn2)C2CC2)CC1. The molecule has 3 heterocycles. The molecule has 152 valence electrons. The van der Waals surface area contributed by atoms with E-state index >= 15 is 0 Å². The third-order valence-corrected chi connectivity index (χ3v) is 7.54. The summed E-state index contributed by atoms with van der Waals surface area (Å²) in [5.41, 5.74) is 1.09. The summed E-state index contributed by atoms with van der Waals surface area (Å²) in [6.07, 6.45) is 7.26. The molecule has 1 aromatic carbocycles. The normalized spacial score (nSPS) is 18.9. The Morgan fingerprint density at radius 1 is 1.07 bits per heavy atom. The quantitative estimate of drug-likeness (QED) is 0.613. The molecule has 1 saturated carbocycles. The van der Waals surface area contributed by atoms with Crippen LogP contribution in [0.1, 0.15) is 31.4 Å². The minimum absolute atomic E-state index is 0.132. The van der Waals surface area contributed by atoms with Crippen LogP contribution in [-0.2, 0) is 15.8 Å². The highest BCUT2D eigenvalue weighted by molar-refractivity contribution is 7.88. The summed E-state index contributed by atoms with van der Waals surface area (Å²) in [7, 11) is -3.45. The molecule has 0 bridgehead atoms. The van der Waals surface area contributed by atoms with Crippen molar-refractivity contribution in [2.45, 2.75) is 43.5 Å². The van der Waals surface area contributed by atoms with E-state index in [2.05, 4.69) is 20.0 Å². The van der Waals surface area contributed by atoms with Gasteiger partial charge in [0.05, 0.1) is 0 Å². The number of benzene rings is 1. The van der Waals surface area contributed by atoms with Crippen molar-refractivity contribution in [2.75, 3.05) is 18.0 Å². The molecular formula is C20H23N5O3S. The van der Waals surface area contributed by atoms with Gasteiger partial charge in [-0.3, -0.25) is 0 Å². The van der Waals surface area contributed by atoms with E-state index in [-0.39, 0.29) is 5.75 Å². The number of nitrogens with zero attached hydrogens (tertiary/aromatic N) is 5. The lowest BCUT2D eigenvalue weighted by molar-refractivity contribution is 0.307. The Balaban J connectivity index is 1.28. The molecule has 2 aliphatic rings. The Morgan fingerprint density at radius 2 is 1.83 bits per heavy atom. The van der Waals surface area contributed by atoms with E-state index in [9.17, 15) is 8.42 Å². The third kappa shape index (κ3) is 3.72. The summed E-state index contributed by atoms with van der Waals surface area (Å²) in [4.78, 5) is 10.8. The number of rotatable bonds is 6. The van der Waals surface area contributed by atoms with Crippen LogP contribution < -0.4 is 4.90 Å². The van der Waals surface area contributed by atoms with Gasteiger partial charge in [0.25, 0.3) is 0 Å². The largest absolute Gasteiger partial charge is 0.356 e. The molecule has 0 unspecified atom stereocenters. The van der Waals surface area contributed by atoms with E-state index in [1.165, 1.54) is 12.8 Å². The zero-order valence-corrected chi connectivity index (χ0v) is 16.8. The van der Waals surface area contributed by atoms with Gasteiger partial charge in [-0.05, 0) is 43.9 Å². The second-order valence-electron chi connectivity index (χ2n) is 7.72. The van der Waals surface area contributed by atoms with Crippen LogP contribution in [0.15, 0.2) is 47.4 Å². The molecule has 0 amide bonds. The van der Waals surface area contributed by atoms with Crippen LogP contribution in [0.4, 0.5) is 5.82 Å². The number of hydrogen-bond donors (Lipinski definition) is 0. The maximum Gasteiger partial charge on any atom is 0.220 e. The van der Waals surface area contributed by atoms with Crippen molar-refractivity contribution >= 4 is 26.8 Å². The van der Waals surface area contributed by atoms with E-state index in [4.69, 9.17) is 4.52 Å². The predicted molar refractivity (Wildman–Crippen MR) is 109 cm³/mol. The van der Waals surface area contributed by atoms with Crippen LogP contribution in [0.5, 0.6) is 0 Å². The number of hydrogen-bond acceptors (Lipinski definition) is 7. The molecule has 29 heavy (non-hydrogen) atoms. The Kier molecular flexibility index (Phi) is 4.71. The molecular weight excluding hydrogens is 390 g/mol. The van der Waals surface area contributed by atoms with Crippen LogP contribution in [0.3, 0.4) is 0 Å². The molecule has 9 heteroatoms. The predicted octanol–water partition coefficient (Wildman–Crippen LogP) is 2.58. The van der Waals surface area contributed by atoms with Gasteiger partial charge in [0.1, 0.15) is 23.6 Å². The van der Waals surface area contributed by atoms with Gasteiger partial charge in [-0.1, -0.05) is 17.3 Å². The molecule has 0 spiro atoms. The standard InChI is InChI=1S/C20H23N5O3S/c26-29(27,13-18-17-3-1-2-4-19(17)28-23-18)24-11-8-16(9-12-24)25(15-5-6-15)20-7-10-21-14-22-20/h1-4,7,10,14-16H,5-6,8-9,11-13H2. The molecule has 1 aliphatic heterocycles. The maximum atomic E-state index is 13.0. The highest BCUT2D eigenvalue weighted by Crippen LogP contribution is 2.35. The van der Waals surface area contributed by atoms with Crippen LogP contribution in [-0.4, -0.2) is 53.0 Å². The van der Waals surface area contributed by atoms with Gasteiger partial charge in [-0.2, -0.15) is 0 Å². The van der Waals surface area contributed by atoms with Crippen molar-refractivity contribution in [1.82, 2.24) is 19.4 Å². The van der Waals surface area contributed by atoms with E-state index in [0.29, 0.717) is 36.5 Å². The van der Waals surface area contributed by atoms with Crippen LogP contribution in [0, 0.1) is 0 Å². The Hall–Kier alpha value is -2.52. The monoisotopic (exact) mass is 413 g/mol. The number of para-hydroxylation sites is 1. The van der Waals surface area contributed by atoms with Crippen LogP contribution >= 0.6 is 0 Å². The van der Waals surface area contributed by atoms with Crippen molar-refractivity contribution in [3.05, 3.63) is 48.5 Å². The molecule has 1 saturated heterocycles. The summed E-state index contributed by atoms with van der Waals surface area (Å²) in [5.74, 6) is 0.810. The lowest BCUT2D eigenvalue weighted by Crippen LogP contribution is -2.48. The third-order valence-electron chi connectivity index (χ3n) is 5.75. The fraction of sp³-hybridized carbons (Fsp3) is 0.450. The summed E-state index contributed by atoms with van der Waals surface area (Å²) in [5, 5.41) is 4.75. The lowest BCUT2D eigenvalue weighted by atomic mass is 10.0. The lowest BCUT2D eigenvalue weighted by Gasteiger charge is -2.38. The van der Waals surface area contributed by atoms with Crippen LogP contribution in [0.2, 0.25) is 0 Å². The van der Waals surface area contributed by atoms with Crippen LogP contribution in [0.25, 0.3) is 11.0 Å². The van der Waals surface area contributed by atoms with Crippen molar-refractivity contribution < 1.29 is 12.9 Å². The Morgan fingerprint density at radius 3 is 2.55 bits per heavy atom. The average molecular weight is 414 g/mol. The molecule has 0 N–H and O–H groups in total. The Bertz CT molecular complexity index is 1090. The van der Waals surface area contributed by atoms with Gasteiger partial charge in [0.15, 0.2) is 5.58 Å². The molecule has 8 nitrogen and oxygen atoms in total. The average Bonchev–Trinajstić information content (AvgIpc) is 3.50. The summed E-state index contributed by atoms with van der Waals surface area (Å²) < 4.78 is 32.9. The zero-order chi connectivity index (χ0) is 19.8. The summed E-state index contributed by atoms with van der Waals surface area (Å²) in [6.45, 7) is 1.02. The highest BCUT2D eigenvalue weighted by Gasteiger charge is 2.38. The zero-order valence-electron chi connectivity index (χ0n) is 16.0. The molecule has 0 radical (unpaired) electrons. The summed E-state index contributed by atoms with van der Waals surface area (Å²) in [6, 6.07) is 10.1. The molecule has 1 aliphatic carbocycles. The van der Waals surface area contributed by atoms with Gasteiger partial charge < -0.3 is 9.42 Å². The Labute approximate surface area is 169 Å². The van der Waals surface area contributed by atoms with E-state index in [1.807, 2.05) is 24.3 Å². The first-order chi connectivity index (χ1) is 14.1. The van der Waals surface area contributed by atoms with Crippen molar-refractivity contribution in [1.29, 1.82) is 0 Å². The number of anilines is 1. The van der Waals surface area contributed by atoms with Crippen molar-refractivity contribution in [2.24, 2.45) is 0 Å². The molecule has 0 atom stereocenters. The number of aromatic nitrogens is 3. The second kappa shape index (κ2) is 7.38. The first-order valence-electron chi connectivity index (χ1n) is 9.97. The molecule has 2 fully saturated rings. The number of sulfonamides is 1.